The van der Waals surface area contributed by atoms with E-state index in [9.17, 15) is 18.7 Å². The number of hydrogen-bond donors (Lipinski definition) is 1. The number of halogens is 3. The summed E-state index contributed by atoms with van der Waals surface area (Å²) in [6, 6.07) is 0.780. The third-order valence-electron chi connectivity index (χ3n) is 1.63. The third kappa shape index (κ3) is 1.98. The third-order valence-corrected chi connectivity index (χ3v) is 1.83. The molecule has 6 heteroatoms. The Hall–Kier alpha value is -1.23. The lowest BCUT2D eigenvalue weighted by Crippen LogP contribution is -2.00. The number of alkyl halides is 2. The number of aryl methyl sites for hydroxylation is 1. The smallest absolute Gasteiger partial charge is 0.270 e. The van der Waals surface area contributed by atoms with Crippen molar-refractivity contribution in [2.24, 2.45) is 0 Å². The molecule has 0 fully saturated rings. The van der Waals surface area contributed by atoms with Gasteiger partial charge in [0.05, 0.1) is 11.3 Å². The highest BCUT2D eigenvalue weighted by molar-refractivity contribution is 6.67. The van der Waals surface area contributed by atoms with E-state index in [1.54, 1.807) is 0 Å². The van der Waals surface area contributed by atoms with E-state index in [1.165, 1.54) is 6.92 Å². The number of carbonyl (C=O) groups is 1. The lowest BCUT2D eigenvalue weighted by Gasteiger charge is -2.06. The van der Waals surface area contributed by atoms with E-state index in [1.807, 2.05) is 0 Å². The van der Waals surface area contributed by atoms with Crippen molar-refractivity contribution in [1.82, 2.24) is 4.98 Å². The normalized spacial score (nSPS) is 10.6. The molecule has 0 aromatic carbocycles. The van der Waals surface area contributed by atoms with E-state index >= 15 is 0 Å². The Labute approximate surface area is 83.3 Å². The van der Waals surface area contributed by atoms with E-state index in [0.717, 1.165) is 6.07 Å². The van der Waals surface area contributed by atoms with Crippen LogP contribution in [0.3, 0.4) is 0 Å². The Balaban J connectivity index is 3.35. The maximum Gasteiger partial charge on any atom is 0.270 e. The molecular weight excluding hydrogens is 216 g/mol. The topological polar surface area (TPSA) is 50.2 Å². The van der Waals surface area contributed by atoms with Crippen LogP contribution in [0.25, 0.3) is 0 Å². The van der Waals surface area contributed by atoms with Gasteiger partial charge in [-0.15, -0.1) is 0 Å². The van der Waals surface area contributed by atoms with E-state index in [4.69, 9.17) is 11.6 Å². The van der Waals surface area contributed by atoms with Crippen LogP contribution in [0.2, 0.25) is 0 Å². The lowest BCUT2D eigenvalue weighted by molar-refractivity contribution is 0.107. The van der Waals surface area contributed by atoms with Gasteiger partial charge in [-0.05, 0) is 24.6 Å². The highest BCUT2D eigenvalue weighted by Gasteiger charge is 2.18. The maximum absolute atomic E-state index is 12.3. The van der Waals surface area contributed by atoms with Crippen LogP contribution in [0.5, 0.6) is 5.75 Å². The Bertz CT molecular complexity index is 382. The van der Waals surface area contributed by atoms with Crippen LogP contribution in [0, 0.1) is 6.92 Å². The van der Waals surface area contributed by atoms with Crippen LogP contribution in [0.15, 0.2) is 6.07 Å². The number of hydrogen-bond acceptors (Lipinski definition) is 3. The molecule has 1 aromatic heterocycles. The molecule has 76 valence electrons. The Kier molecular flexibility index (Phi) is 3.00. The highest BCUT2D eigenvalue weighted by atomic mass is 35.5. The molecule has 1 heterocycles. The summed E-state index contributed by atoms with van der Waals surface area (Å²) in [5, 5.41) is 8.24. The maximum atomic E-state index is 12.3. The molecule has 1 N–H and O–H groups in total. The first-order chi connectivity index (χ1) is 6.43. The van der Waals surface area contributed by atoms with Crippen LogP contribution in [0.1, 0.15) is 28.2 Å². The second-order valence-corrected chi connectivity index (χ2v) is 2.95. The van der Waals surface area contributed by atoms with Crippen LogP contribution in [-0.2, 0) is 0 Å². The number of aromatic nitrogens is 1. The fourth-order valence-corrected chi connectivity index (χ4v) is 1.05. The molecule has 0 aliphatic rings. The SMILES string of the molecule is Cc1nc(C(=O)Cl)cc(C(F)F)c1O. The number of nitrogens with zero attached hydrogens (tertiary/aromatic N) is 1. The van der Waals surface area contributed by atoms with Gasteiger partial charge in [-0.3, -0.25) is 4.79 Å². The van der Waals surface area contributed by atoms with E-state index in [0.29, 0.717) is 0 Å². The highest BCUT2D eigenvalue weighted by Crippen LogP contribution is 2.30. The van der Waals surface area contributed by atoms with Crippen LogP contribution in [-0.4, -0.2) is 15.3 Å². The Morgan fingerprint density at radius 2 is 2.21 bits per heavy atom. The van der Waals surface area contributed by atoms with E-state index in [2.05, 4.69) is 4.98 Å². The predicted molar refractivity (Wildman–Crippen MR) is 45.8 cm³/mol. The summed E-state index contributed by atoms with van der Waals surface area (Å²) in [4.78, 5) is 14.2. The number of aromatic hydroxyl groups is 1. The first kappa shape index (κ1) is 10.8. The fraction of sp³-hybridized carbons (Fsp3) is 0.250. The van der Waals surface area contributed by atoms with Crippen molar-refractivity contribution < 1.29 is 18.7 Å². The molecule has 0 bridgehead atoms. The van der Waals surface area contributed by atoms with Crippen molar-refractivity contribution in [2.75, 3.05) is 0 Å². The minimum absolute atomic E-state index is 0.0493. The van der Waals surface area contributed by atoms with Crippen molar-refractivity contribution in [3.05, 3.63) is 23.0 Å². The molecule has 14 heavy (non-hydrogen) atoms. The summed E-state index contributed by atoms with van der Waals surface area (Å²) in [6.07, 6.45) is -2.87. The van der Waals surface area contributed by atoms with Gasteiger partial charge in [-0.25, -0.2) is 13.8 Å². The minimum Gasteiger partial charge on any atom is -0.506 e. The number of pyridine rings is 1. The van der Waals surface area contributed by atoms with Crippen LogP contribution >= 0.6 is 11.6 Å². The molecule has 0 saturated heterocycles. The van der Waals surface area contributed by atoms with Gasteiger partial charge >= 0.3 is 0 Å². The molecular formula is C8H6ClF2NO2. The zero-order valence-electron chi connectivity index (χ0n) is 7.09. The summed E-state index contributed by atoms with van der Waals surface area (Å²) in [6.45, 7) is 1.31. The Morgan fingerprint density at radius 1 is 1.64 bits per heavy atom. The van der Waals surface area contributed by atoms with Gasteiger partial charge in [0.15, 0.2) is 0 Å². The van der Waals surface area contributed by atoms with E-state index < -0.39 is 23.0 Å². The molecule has 0 radical (unpaired) electrons. The predicted octanol–water partition coefficient (Wildman–Crippen LogP) is 2.41. The molecule has 0 saturated carbocycles. The van der Waals surface area contributed by atoms with Crippen molar-refractivity contribution in [3.8, 4) is 5.75 Å². The lowest BCUT2D eigenvalue weighted by atomic mass is 10.2. The average Bonchev–Trinajstić information content (AvgIpc) is 2.08. The van der Waals surface area contributed by atoms with Crippen molar-refractivity contribution in [3.63, 3.8) is 0 Å². The van der Waals surface area contributed by atoms with Gasteiger partial charge < -0.3 is 5.11 Å². The van der Waals surface area contributed by atoms with Gasteiger partial charge in [0.25, 0.3) is 11.7 Å². The largest absolute Gasteiger partial charge is 0.506 e. The number of rotatable bonds is 2. The summed E-state index contributed by atoms with van der Waals surface area (Å²) >= 11 is 5.08. The monoisotopic (exact) mass is 221 g/mol. The first-order valence-electron chi connectivity index (χ1n) is 3.62. The fourth-order valence-electron chi connectivity index (χ4n) is 0.957. The van der Waals surface area contributed by atoms with Crippen LogP contribution < -0.4 is 0 Å². The van der Waals surface area contributed by atoms with Crippen molar-refractivity contribution >= 4 is 16.8 Å². The molecule has 1 rings (SSSR count). The summed E-state index contributed by atoms with van der Waals surface area (Å²) in [7, 11) is 0. The molecule has 0 aliphatic carbocycles. The van der Waals surface area contributed by atoms with Gasteiger partial charge in [0, 0.05) is 0 Å². The molecule has 3 nitrogen and oxygen atoms in total. The first-order valence-corrected chi connectivity index (χ1v) is 3.99. The van der Waals surface area contributed by atoms with Gasteiger partial charge in [-0.1, -0.05) is 0 Å². The van der Waals surface area contributed by atoms with Crippen molar-refractivity contribution in [1.29, 1.82) is 0 Å². The molecule has 0 unspecified atom stereocenters. The van der Waals surface area contributed by atoms with Gasteiger partial charge in [0.2, 0.25) is 0 Å². The summed E-state index contributed by atoms with van der Waals surface area (Å²) in [5.41, 5.74) is -0.981. The molecule has 1 aromatic rings. The van der Waals surface area contributed by atoms with Gasteiger partial charge in [-0.2, -0.15) is 0 Å². The quantitative estimate of drug-likeness (QED) is 0.781. The second-order valence-electron chi connectivity index (χ2n) is 2.61. The molecule has 0 aliphatic heterocycles. The summed E-state index contributed by atoms with van der Waals surface area (Å²) < 4.78 is 24.6. The summed E-state index contributed by atoms with van der Waals surface area (Å²) in [5.74, 6) is -0.610. The molecule has 0 amide bonds. The van der Waals surface area contributed by atoms with E-state index in [-0.39, 0.29) is 11.4 Å². The standard InChI is InChI=1S/C8H6ClF2NO2/c1-3-6(13)4(8(10)11)2-5(12-3)7(9)14/h2,8,13H,1H3. The molecule has 0 spiro atoms. The van der Waals surface area contributed by atoms with Crippen LogP contribution in [0.4, 0.5) is 8.78 Å². The zero-order valence-corrected chi connectivity index (χ0v) is 7.85. The Morgan fingerprint density at radius 3 is 2.64 bits per heavy atom. The van der Waals surface area contributed by atoms with Crippen molar-refractivity contribution in [2.45, 2.75) is 13.3 Å². The average molecular weight is 222 g/mol. The van der Waals surface area contributed by atoms with Gasteiger partial charge in [0.1, 0.15) is 11.4 Å². The number of carbonyl (C=O) groups excluding carboxylic acids is 1. The zero-order chi connectivity index (χ0) is 10.9. The molecule has 0 atom stereocenters. The minimum atomic E-state index is -2.87. The second kappa shape index (κ2) is 3.88.